The maximum absolute atomic E-state index is 13.3. The van der Waals surface area contributed by atoms with E-state index in [0.29, 0.717) is 11.1 Å². The Morgan fingerprint density at radius 1 is 1.14 bits per heavy atom. The zero-order chi connectivity index (χ0) is 20.3. The summed E-state index contributed by atoms with van der Waals surface area (Å²) in [6.07, 6.45) is -4.27. The summed E-state index contributed by atoms with van der Waals surface area (Å²) in [5, 5.41) is 6.31. The topological polar surface area (TPSA) is 68.0 Å². The number of benzene rings is 2. The van der Waals surface area contributed by atoms with E-state index in [-0.39, 0.29) is 36.1 Å². The number of hydrogen-bond donors (Lipinski definition) is 1. The summed E-state index contributed by atoms with van der Waals surface area (Å²) < 4.78 is 56.0. The lowest BCUT2D eigenvalue weighted by molar-refractivity contribution is -0.137. The van der Waals surface area contributed by atoms with Crippen molar-refractivity contribution in [1.82, 2.24) is 10.1 Å². The molecule has 0 aliphatic rings. The Kier molecular flexibility index (Phi) is 5.43. The van der Waals surface area contributed by atoms with Crippen LogP contribution in [0.5, 0.6) is 0 Å². The minimum atomic E-state index is -4.43. The first-order valence-corrected chi connectivity index (χ1v) is 8.28. The second kappa shape index (κ2) is 7.79. The van der Waals surface area contributed by atoms with Crippen molar-refractivity contribution in [3.8, 4) is 11.4 Å². The van der Waals surface area contributed by atoms with Crippen molar-refractivity contribution in [1.29, 1.82) is 0 Å². The summed E-state index contributed by atoms with van der Waals surface area (Å²) in [7, 11) is 0. The molecule has 0 bridgehead atoms. The van der Waals surface area contributed by atoms with Gasteiger partial charge < -0.3 is 9.84 Å². The molecule has 1 heterocycles. The van der Waals surface area contributed by atoms with Crippen LogP contribution in [0.2, 0.25) is 0 Å². The monoisotopic (exact) mass is 393 g/mol. The van der Waals surface area contributed by atoms with Crippen LogP contribution in [0.15, 0.2) is 47.0 Å². The molecule has 0 spiro atoms. The molecular formula is C19H15F4N3O2. The molecule has 0 unspecified atom stereocenters. The van der Waals surface area contributed by atoms with Gasteiger partial charge in [0.05, 0.1) is 5.56 Å². The Morgan fingerprint density at radius 2 is 1.86 bits per heavy atom. The minimum Gasteiger partial charge on any atom is -0.339 e. The fourth-order valence-electron chi connectivity index (χ4n) is 2.44. The van der Waals surface area contributed by atoms with E-state index in [1.54, 1.807) is 13.0 Å². The van der Waals surface area contributed by atoms with Gasteiger partial charge in [0.2, 0.25) is 17.6 Å². The molecule has 0 atom stereocenters. The van der Waals surface area contributed by atoms with Crippen LogP contribution in [0.3, 0.4) is 0 Å². The fraction of sp³-hybridized carbons (Fsp3) is 0.211. The van der Waals surface area contributed by atoms with Crippen LogP contribution in [0.1, 0.15) is 23.4 Å². The van der Waals surface area contributed by atoms with Crippen molar-refractivity contribution >= 4 is 11.6 Å². The smallest absolute Gasteiger partial charge is 0.339 e. The number of carbonyl (C=O) groups excluding carboxylic acids is 1. The van der Waals surface area contributed by atoms with E-state index in [2.05, 4.69) is 15.5 Å². The normalized spacial score (nSPS) is 11.5. The highest BCUT2D eigenvalue weighted by Crippen LogP contribution is 2.29. The molecule has 0 fully saturated rings. The van der Waals surface area contributed by atoms with Gasteiger partial charge in [0.15, 0.2) is 0 Å². The lowest BCUT2D eigenvalue weighted by atomic mass is 10.1. The third-order valence-corrected chi connectivity index (χ3v) is 3.95. The zero-order valence-corrected chi connectivity index (χ0v) is 14.7. The predicted molar refractivity (Wildman–Crippen MR) is 92.8 cm³/mol. The number of hydrogen-bond acceptors (Lipinski definition) is 4. The Hall–Kier alpha value is -3.23. The quantitative estimate of drug-likeness (QED) is 0.634. The van der Waals surface area contributed by atoms with Crippen molar-refractivity contribution in [3.63, 3.8) is 0 Å². The van der Waals surface area contributed by atoms with E-state index in [1.165, 1.54) is 24.3 Å². The summed E-state index contributed by atoms with van der Waals surface area (Å²) >= 11 is 0. The number of rotatable bonds is 5. The number of nitrogens with zero attached hydrogens (tertiary/aromatic N) is 2. The number of anilines is 1. The fourth-order valence-corrected chi connectivity index (χ4v) is 2.44. The summed E-state index contributed by atoms with van der Waals surface area (Å²) in [6.45, 7) is 1.62. The molecule has 0 aliphatic carbocycles. The minimum absolute atomic E-state index is 0.00506. The predicted octanol–water partition coefficient (Wildman–Crippen LogP) is 4.77. The molecule has 5 nitrogen and oxygen atoms in total. The molecule has 1 N–H and O–H groups in total. The zero-order valence-electron chi connectivity index (χ0n) is 14.7. The Bertz CT molecular complexity index is 982. The van der Waals surface area contributed by atoms with Gasteiger partial charge in [-0.05, 0) is 55.0 Å². The van der Waals surface area contributed by atoms with Gasteiger partial charge in [-0.1, -0.05) is 5.16 Å². The van der Waals surface area contributed by atoms with Gasteiger partial charge in [0, 0.05) is 24.1 Å². The Labute approximate surface area is 157 Å². The average molecular weight is 393 g/mol. The number of halogens is 4. The third kappa shape index (κ3) is 4.73. The van der Waals surface area contributed by atoms with Crippen molar-refractivity contribution in [2.45, 2.75) is 25.9 Å². The van der Waals surface area contributed by atoms with Crippen molar-refractivity contribution in [2.24, 2.45) is 0 Å². The molecule has 28 heavy (non-hydrogen) atoms. The highest BCUT2D eigenvalue weighted by atomic mass is 19.4. The molecule has 0 aliphatic heterocycles. The summed E-state index contributed by atoms with van der Waals surface area (Å²) in [5.41, 5.74) is 0.494. The van der Waals surface area contributed by atoms with E-state index >= 15 is 0 Å². The van der Waals surface area contributed by atoms with Crippen molar-refractivity contribution < 1.29 is 26.9 Å². The summed E-state index contributed by atoms with van der Waals surface area (Å²) in [5.74, 6) is -0.245. The Balaban J connectivity index is 1.56. The molecule has 9 heteroatoms. The van der Waals surface area contributed by atoms with E-state index in [0.717, 1.165) is 12.1 Å². The highest BCUT2D eigenvalue weighted by Gasteiger charge is 2.30. The lowest BCUT2D eigenvalue weighted by Gasteiger charge is -2.08. The molecule has 0 radical (unpaired) electrons. The van der Waals surface area contributed by atoms with E-state index in [9.17, 15) is 22.4 Å². The van der Waals surface area contributed by atoms with Gasteiger partial charge in [0.1, 0.15) is 5.82 Å². The lowest BCUT2D eigenvalue weighted by Crippen LogP contribution is -2.13. The van der Waals surface area contributed by atoms with Crippen LogP contribution in [0.25, 0.3) is 11.4 Å². The third-order valence-electron chi connectivity index (χ3n) is 3.95. The molecule has 3 rings (SSSR count). The van der Waals surface area contributed by atoms with Gasteiger partial charge in [-0.3, -0.25) is 4.79 Å². The second-order valence-electron chi connectivity index (χ2n) is 6.10. The van der Waals surface area contributed by atoms with Crippen LogP contribution in [0, 0.1) is 12.7 Å². The van der Waals surface area contributed by atoms with Crippen molar-refractivity contribution in [2.75, 3.05) is 5.32 Å². The number of amides is 1. The number of nitrogens with one attached hydrogen (secondary N) is 1. The second-order valence-corrected chi connectivity index (χ2v) is 6.10. The maximum Gasteiger partial charge on any atom is 0.416 e. The van der Waals surface area contributed by atoms with Gasteiger partial charge in [-0.25, -0.2) is 4.39 Å². The largest absolute Gasteiger partial charge is 0.416 e. The van der Waals surface area contributed by atoms with Crippen LogP contribution in [-0.2, 0) is 17.4 Å². The van der Waals surface area contributed by atoms with Crippen LogP contribution >= 0.6 is 0 Å². The number of carbonyl (C=O) groups is 1. The number of alkyl halides is 3. The standard InChI is InChI=1S/C19H15F4N3O2/c1-11-10-12(2-7-15(11)20)18-25-17(28-26-18)9-8-16(27)24-14-5-3-13(4-6-14)19(21,22)23/h2-7,10H,8-9H2,1H3,(H,24,27). The molecular weight excluding hydrogens is 378 g/mol. The summed E-state index contributed by atoms with van der Waals surface area (Å²) in [6, 6.07) is 8.56. The number of aryl methyl sites for hydroxylation is 2. The first kappa shape index (κ1) is 19.5. The molecule has 0 saturated heterocycles. The van der Waals surface area contributed by atoms with Crippen LogP contribution in [0.4, 0.5) is 23.2 Å². The maximum atomic E-state index is 13.3. The molecule has 3 aromatic rings. The molecule has 2 aromatic carbocycles. The van der Waals surface area contributed by atoms with E-state index in [4.69, 9.17) is 4.52 Å². The summed E-state index contributed by atoms with van der Waals surface area (Å²) in [4.78, 5) is 16.1. The number of aromatic nitrogens is 2. The molecule has 146 valence electrons. The van der Waals surface area contributed by atoms with E-state index in [1.807, 2.05) is 0 Å². The van der Waals surface area contributed by atoms with Gasteiger partial charge in [0.25, 0.3) is 0 Å². The van der Waals surface area contributed by atoms with Gasteiger partial charge in [-0.2, -0.15) is 18.2 Å². The Morgan fingerprint density at radius 3 is 2.50 bits per heavy atom. The highest BCUT2D eigenvalue weighted by molar-refractivity contribution is 5.90. The van der Waals surface area contributed by atoms with E-state index < -0.39 is 17.6 Å². The SMILES string of the molecule is Cc1cc(-c2noc(CCC(=O)Nc3ccc(C(F)(F)F)cc3)n2)ccc1F. The average Bonchev–Trinajstić information content (AvgIpc) is 3.11. The van der Waals surface area contributed by atoms with Crippen LogP contribution in [-0.4, -0.2) is 16.0 Å². The van der Waals surface area contributed by atoms with Crippen LogP contribution < -0.4 is 5.32 Å². The first-order chi connectivity index (χ1) is 13.2. The first-order valence-electron chi connectivity index (χ1n) is 8.28. The molecule has 0 saturated carbocycles. The van der Waals surface area contributed by atoms with Gasteiger partial charge >= 0.3 is 6.18 Å². The van der Waals surface area contributed by atoms with Crippen molar-refractivity contribution in [3.05, 3.63) is 65.3 Å². The molecule has 1 aromatic heterocycles. The molecule has 1 amide bonds. The van der Waals surface area contributed by atoms with Gasteiger partial charge in [-0.15, -0.1) is 0 Å².